The zero-order valence-electron chi connectivity index (χ0n) is 10.3. The maximum atomic E-state index is 13.9. The molecule has 0 aliphatic heterocycles. The summed E-state index contributed by atoms with van der Waals surface area (Å²) in [6.07, 6.45) is 8.35. The fourth-order valence-corrected chi connectivity index (χ4v) is 3.24. The van der Waals surface area contributed by atoms with Crippen LogP contribution in [0.15, 0.2) is 24.3 Å². The van der Waals surface area contributed by atoms with Crippen molar-refractivity contribution < 1.29 is 22.0 Å². The van der Waals surface area contributed by atoms with Crippen LogP contribution < -0.4 is 0 Å². The summed E-state index contributed by atoms with van der Waals surface area (Å²) in [6, 6.07) is 0. The molecule has 20 heavy (non-hydrogen) atoms. The highest BCUT2D eigenvalue weighted by atomic mass is 19.2. The van der Waals surface area contributed by atoms with Crippen molar-refractivity contribution in [2.24, 2.45) is 11.8 Å². The molecule has 106 valence electrons. The zero-order valence-corrected chi connectivity index (χ0v) is 10.3. The third kappa shape index (κ3) is 1.79. The maximum absolute atomic E-state index is 13.9. The number of halogens is 5. The van der Waals surface area contributed by atoms with Crippen LogP contribution in [-0.4, -0.2) is 0 Å². The van der Waals surface area contributed by atoms with Gasteiger partial charge in [0.2, 0.25) is 5.82 Å². The summed E-state index contributed by atoms with van der Waals surface area (Å²) >= 11 is 0. The molecule has 0 heterocycles. The van der Waals surface area contributed by atoms with Gasteiger partial charge in [-0.2, -0.15) is 0 Å². The molecule has 0 nitrogen and oxygen atoms in total. The second-order valence-electron chi connectivity index (χ2n) is 5.18. The van der Waals surface area contributed by atoms with E-state index in [4.69, 9.17) is 0 Å². The first-order chi connectivity index (χ1) is 9.52. The van der Waals surface area contributed by atoms with E-state index in [0.717, 1.165) is 0 Å². The molecule has 1 aromatic rings. The van der Waals surface area contributed by atoms with Crippen LogP contribution in [0.5, 0.6) is 0 Å². The Morgan fingerprint density at radius 3 is 1.90 bits per heavy atom. The molecule has 1 fully saturated rings. The average molecular weight is 286 g/mol. The molecule has 0 radical (unpaired) electrons. The topological polar surface area (TPSA) is 0 Å². The summed E-state index contributed by atoms with van der Waals surface area (Å²) in [5.41, 5.74) is -0.672. The van der Waals surface area contributed by atoms with Crippen molar-refractivity contribution in [3.05, 3.63) is 59.0 Å². The van der Waals surface area contributed by atoms with Gasteiger partial charge in [0.05, 0.1) is 0 Å². The standard InChI is InChI=1S/C15H11F5/c16-11-10(12(17)14(19)15(20)13(11)18)9-6-5-7-3-1-2-4-8(7)9/h1-4,7-9H,5-6H2. The molecule has 1 saturated carbocycles. The van der Waals surface area contributed by atoms with E-state index in [0.29, 0.717) is 12.8 Å². The van der Waals surface area contributed by atoms with Crippen LogP contribution >= 0.6 is 0 Å². The Balaban J connectivity index is 2.12. The number of hydrogen-bond acceptors (Lipinski definition) is 0. The van der Waals surface area contributed by atoms with Crippen molar-refractivity contribution in [2.75, 3.05) is 0 Å². The molecule has 3 unspecified atom stereocenters. The summed E-state index contributed by atoms with van der Waals surface area (Å²) in [5.74, 6) is -10.0. The van der Waals surface area contributed by atoms with Crippen LogP contribution in [0.1, 0.15) is 24.3 Å². The Kier molecular flexibility index (Phi) is 3.15. The van der Waals surface area contributed by atoms with Crippen molar-refractivity contribution in [3.63, 3.8) is 0 Å². The Labute approximate surface area is 112 Å². The lowest BCUT2D eigenvalue weighted by Gasteiger charge is -2.23. The number of fused-ring (bicyclic) bond motifs is 1. The second kappa shape index (κ2) is 4.72. The molecular weight excluding hydrogens is 275 g/mol. The minimum Gasteiger partial charge on any atom is -0.203 e. The van der Waals surface area contributed by atoms with Gasteiger partial charge in [-0.3, -0.25) is 0 Å². The van der Waals surface area contributed by atoms with Gasteiger partial charge in [0, 0.05) is 5.56 Å². The van der Waals surface area contributed by atoms with Gasteiger partial charge in [0.15, 0.2) is 23.3 Å². The lowest BCUT2D eigenvalue weighted by atomic mass is 9.82. The van der Waals surface area contributed by atoms with Crippen molar-refractivity contribution in [1.82, 2.24) is 0 Å². The lowest BCUT2D eigenvalue weighted by molar-refractivity contribution is 0.356. The van der Waals surface area contributed by atoms with Crippen LogP contribution in [0.3, 0.4) is 0 Å². The summed E-state index contributed by atoms with van der Waals surface area (Å²) in [7, 11) is 0. The molecule has 0 bridgehead atoms. The van der Waals surface area contributed by atoms with Gasteiger partial charge >= 0.3 is 0 Å². The molecule has 0 saturated heterocycles. The Morgan fingerprint density at radius 1 is 0.700 bits per heavy atom. The van der Waals surface area contributed by atoms with Gasteiger partial charge in [0.1, 0.15) is 0 Å². The molecule has 0 amide bonds. The first-order valence-corrected chi connectivity index (χ1v) is 6.38. The summed E-state index contributed by atoms with van der Waals surface area (Å²) < 4.78 is 67.3. The Hall–Kier alpha value is -1.65. The number of benzene rings is 1. The molecule has 5 heteroatoms. The van der Waals surface area contributed by atoms with E-state index in [2.05, 4.69) is 0 Å². The largest absolute Gasteiger partial charge is 0.203 e. The summed E-state index contributed by atoms with van der Waals surface area (Å²) in [5, 5.41) is 0. The maximum Gasteiger partial charge on any atom is 0.200 e. The fraction of sp³-hybridized carbons (Fsp3) is 0.333. The van der Waals surface area contributed by atoms with Crippen molar-refractivity contribution in [3.8, 4) is 0 Å². The predicted octanol–water partition coefficient (Wildman–Crippen LogP) is 4.62. The van der Waals surface area contributed by atoms with Crippen molar-refractivity contribution >= 4 is 0 Å². The number of allylic oxidation sites excluding steroid dienone is 4. The molecule has 3 rings (SSSR count). The van der Waals surface area contributed by atoms with Crippen LogP contribution in [0.2, 0.25) is 0 Å². The fourth-order valence-electron chi connectivity index (χ4n) is 3.24. The van der Waals surface area contributed by atoms with E-state index in [9.17, 15) is 22.0 Å². The highest BCUT2D eigenvalue weighted by molar-refractivity contribution is 5.32. The highest BCUT2D eigenvalue weighted by Gasteiger charge is 2.40. The zero-order chi connectivity index (χ0) is 14.4. The molecule has 2 aliphatic rings. The van der Waals surface area contributed by atoms with E-state index >= 15 is 0 Å². The van der Waals surface area contributed by atoms with Crippen LogP contribution in [0.25, 0.3) is 0 Å². The molecule has 0 N–H and O–H groups in total. The van der Waals surface area contributed by atoms with E-state index < -0.39 is 40.6 Å². The van der Waals surface area contributed by atoms with E-state index in [1.165, 1.54) is 0 Å². The van der Waals surface area contributed by atoms with Gasteiger partial charge in [-0.15, -0.1) is 0 Å². The van der Waals surface area contributed by atoms with Gasteiger partial charge in [-0.05, 0) is 30.6 Å². The van der Waals surface area contributed by atoms with Crippen molar-refractivity contribution in [1.29, 1.82) is 0 Å². The summed E-state index contributed by atoms with van der Waals surface area (Å²) in [6.45, 7) is 0. The normalized spacial score (nSPS) is 27.9. The van der Waals surface area contributed by atoms with Gasteiger partial charge in [-0.25, -0.2) is 22.0 Å². The minimum atomic E-state index is -2.10. The van der Waals surface area contributed by atoms with Gasteiger partial charge < -0.3 is 0 Å². The van der Waals surface area contributed by atoms with Gasteiger partial charge in [0.25, 0.3) is 0 Å². The first-order valence-electron chi connectivity index (χ1n) is 6.38. The predicted molar refractivity (Wildman–Crippen MR) is 63.5 cm³/mol. The van der Waals surface area contributed by atoms with E-state index in [1.807, 2.05) is 12.2 Å². The van der Waals surface area contributed by atoms with E-state index in [1.54, 1.807) is 12.2 Å². The number of hydrogen-bond donors (Lipinski definition) is 0. The highest BCUT2D eigenvalue weighted by Crippen LogP contribution is 2.48. The van der Waals surface area contributed by atoms with E-state index in [-0.39, 0.29) is 11.8 Å². The van der Waals surface area contributed by atoms with Crippen LogP contribution in [0, 0.1) is 40.9 Å². The SMILES string of the molecule is Fc1c(F)c(F)c(C2CCC3C=CC=CC32)c(F)c1F. The Bertz CT molecular complexity index is 588. The first kappa shape index (κ1) is 13.3. The minimum absolute atomic E-state index is 0.0972. The average Bonchev–Trinajstić information content (AvgIpc) is 2.87. The lowest BCUT2D eigenvalue weighted by Crippen LogP contribution is -2.17. The number of rotatable bonds is 1. The van der Waals surface area contributed by atoms with Crippen molar-refractivity contribution in [2.45, 2.75) is 18.8 Å². The Morgan fingerprint density at radius 2 is 1.25 bits per heavy atom. The third-order valence-corrected chi connectivity index (χ3v) is 4.19. The third-order valence-electron chi connectivity index (χ3n) is 4.19. The van der Waals surface area contributed by atoms with Gasteiger partial charge in [-0.1, -0.05) is 24.3 Å². The van der Waals surface area contributed by atoms with Crippen LogP contribution in [-0.2, 0) is 0 Å². The molecule has 3 atom stereocenters. The molecule has 0 aromatic heterocycles. The molecule has 1 aromatic carbocycles. The molecule has 0 spiro atoms. The second-order valence-corrected chi connectivity index (χ2v) is 5.18. The van der Waals surface area contributed by atoms with Crippen LogP contribution in [0.4, 0.5) is 22.0 Å². The molecule has 2 aliphatic carbocycles. The summed E-state index contributed by atoms with van der Waals surface area (Å²) in [4.78, 5) is 0. The quantitative estimate of drug-likeness (QED) is 0.401. The monoisotopic (exact) mass is 286 g/mol. The smallest absolute Gasteiger partial charge is 0.200 e. The molecular formula is C15H11F5.